The van der Waals surface area contributed by atoms with Crippen molar-refractivity contribution >= 4 is 12.1 Å². The Morgan fingerprint density at radius 3 is 2.39 bits per heavy atom. The first kappa shape index (κ1) is 22.0. The molecule has 0 unspecified atom stereocenters. The second-order valence-electron chi connectivity index (χ2n) is 7.54. The number of benzene rings is 3. The maximum atomic E-state index is 12.2. The van der Waals surface area contributed by atoms with E-state index in [1.54, 1.807) is 6.21 Å². The molecule has 4 rings (SSSR count). The van der Waals surface area contributed by atoms with E-state index < -0.39 is 0 Å². The molecule has 1 aromatic heterocycles. The number of aromatic nitrogens is 2. The summed E-state index contributed by atoms with van der Waals surface area (Å²) in [6, 6.07) is 27.3. The van der Waals surface area contributed by atoms with E-state index in [1.807, 2.05) is 95.8 Å². The molecule has 166 valence electrons. The monoisotopic (exact) mass is 438 g/mol. The summed E-state index contributed by atoms with van der Waals surface area (Å²) >= 11 is 0. The summed E-state index contributed by atoms with van der Waals surface area (Å²) in [4.78, 5) is 12.2. The third-order valence-electron chi connectivity index (χ3n) is 4.96. The van der Waals surface area contributed by atoms with Gasteiger partial charge in [-0.05, 0) is 48.4 Å². The van der Waals surface area contributed by atoms with Gasteiger partial charge < -0.3 is 4.74 Å². The van der Waals surface area contributed by atoms with Crippen LogP contribution in [0.2, 0.25) is 0 Å². The Bertz CT molecular complexity index is 1200. The maximum Gasteiger partial charge on any atom is 0.244 e. The SMILES string of the molecule is CCCOc1ccc(-c2nn(-c3ccccc3)cc2/C=N\NC(=O)Cc2ccccc2)cc1. The molecular weight excluding hydrogens is 412 g/mol. The van der Waals surface area contributed by atoms with E-state index in [0.29, 0.717) is 6.61 Å². The number of hydrogen-bond acceptors (Lipinski definition) is 4. The van der Waals surface area contributed by atoms with Crippen molar-refractivity contribution in [1.29, 1.82) is 0 Å². The maximum absolute atomic E-state index is 12.2. The van der Waals surface area contributed by atoms with Crippen molar-refractivity contribution < 1.29 is 9.53 Å². The van der Waals surface area contributed by atoms with Gasteiger partial charge in [-0.1, -0.05) is 55.5 Å². The van der Waals surface area contributed by atoms with E-state index in [4.69, 9.17) is 9.84 Å². The number of nitrogens with zero attached hydrogens (tertiary/aromatic N) is 3. The molecule has 4 aromatic rings. The molecule has 0 aliphatic carbocycles. The molecule has 0 aliphatic heterocycles. The zero-order chi connectivity index (χ0) is 22.9. The number of hydrazone groups is 1. The van der Waals surface area contributed by atoms with E-state index in [9.17, 15) is 4.79 Å². The van der Waals surface area contributed by atoms with Gasteiger partial charge in [-0.3, -0.25) is 4.79 Å². The average molecular weight is 439 g/mol. The Balaban J connectivity index is 1.55. The van der Waals surface area contributed by atoms with Gasteiger partial charge in [0, 0.05) is 17.3 Å². The van der Waals surface area contributed by atoms with Gasteiger partial charge in [-0.15, -0.1) is 0 Å². The van der Waals surface area contributed by atoms with Crippen LogP contribution >= 0.6 is 0 Å². The second-order valence-corrected chi connectivity index (χ2v) is 7.54. The molecule has 0 fully saturated rings. The molecule has 0 spiro atoms. The summed E-state index contributed by atoms with van der Waals surface area (Å²) in [7, 11) is 0. The summed E-state index contributed by atoms with van der Waals surface area (Å²) in [5.41, 5.74) is 6.98. The summed E-state index contributed by atoms with van der Waals surface area (Å²) < 4.78 is 7.50. The molecule has 1 amide bonds. The third kappa shape index (κ3) is 5.95. The van der Waals surface area contributed by atoms with Crippen molar-refractivity contribution in [2.24, 2.45) is 5.10 Å². The van der Waals surface area contributed by atoms with E-state index in [2.05, 4.69) is 17.5 Å². The summed E-state index contributed by atoms with van der Waals surface area (Å²) in [5.74, 6) is 0.651. The van der Waals surface area contributed by atoms with Crippen LogP contribution in [-0.4, -0.2) is 28.5 Å². The summed E-state index contributed by atoms with van der Waals surface area (Å²) in [6.07, 6.45) is 4.76. The minimum atomic E-state index is -0.174. The minimum Gasteiger partial charge on any atom is -0.494 e. The average Bonchev–Trinajstić information content (AvgIpc) is 3.28. The van der Waals surface area contributed by atoms with E-state index >= 15 is 0 Å². The first-order chi connectivity index (χ1) is 16.2. The lowest BCUT2D eigenvalue weighted by Gasteiger charge is -2.05. The fourth-order valence-electron chi connectivity index (χ4n) is 3.34. The number of amides is 1. The lowest BCUT2D eigenvalue weighted by molar-refractivity contribution is -0.120. The molecule has 3 aromatic carbocycles. The highest BCUT2D eigenvalue weighted by atomic mass is 16.5. The fraction of sp³-hybridized carbons (Fsp3) is 0.148. The molecule has 1 heterocycles. The Hall–Kier alpha value is -4.19. The van der Waals surface area contributed by atoms with E-state index in [-0.39, 0.29) is 12.3 Å². The zero-order valence-electron chi connectivity index (χ0n) is 18.5. The predicted molar refractivity (Wildman–Crippen MR) is 131 cm³/mol. The molecule has 0 aliphatic rings. The highest BCUT2D eigenvalue weighted by Crippen LogP contribution is 2.25. The molecule has 0 atom stereocenters. The number of nitrogens with one attached hydrogen (secondary N) is 1. The Morgan fingerprint density at radius 2 is 1.70 bits per heavy atom. The van der Waals surface area contributed by atoms with Crippen LogP contribution in [0.3, 0.4) is 0 Å². The van der Waals surface area contributed by atoms with Crippen LogP contribution in [0.15, 0.2) is 96.2 Å². The Morgan fingerprint density at radius 1 is 1.00 bits per heavy atom. The number of rotatable bonds is 9. The van der Waals surface area contributed by atoms with Crippen LogP contribution in [0.25, 0.3) is 16.9 Å². The highest BCUT2D eigenvalue weighted by Gasteiger charge is 2.12. The highest BCUT2D eigenvalue weighted by molar-refractivity contribution is 5.90. The Kier molecular flexibility index (Phi) is 7.28. The largest absolute Gasteiger partial charge is 0.494 e. The normalized spacial score (nSPS) is 10.9. The minimum absolute atomic E-state index is 0.174. The van der Waals surface area contributed by atoms with Crippen molar-refractivity contribution in [2.75, 3.05) is 6.61 Å². The van der Waals surface area contributed by atoms with Crippen LogP contribution in [0.5, 0.6) is 5.75 Å². The fourth-order valence-corrected chi connectivity index (χ4v) is 3.34. The standard InChI is InChI=1S/C27H26N4O2/c1-2-17-33-25-15-13-22(14-16-25)27-23(20-31(30-27)24-11-7-4-8-12-24)19-28-29-26(32)18-21-9-5-3-6-10-21/h3-16,19-20H,2,17-18H2,1H3,(H,29,32)/b28-19-. The van der Waals surface area contributed by atoms with Crippen LogP contribution in [0.4, 0.5) is 0 Å². The first-order valence-electron chi connectivity index (χ1n) is 11.0. The number of para-hydroxylation sites is 1. The van der Waals surface area contributed by atoms with Gasteiger partial charge in [-0.25, -0.2) is 10.1 Å². The van der Waals surface area contributed by atoms with Crippen molar-refractivity contribution in [3.63, 3.8) is 0 Å². The van der Waals surface area contributed by atoms with Gasteiger partial charge in [0.15, 0.2) is 0 Å². The topological polar surface area (TPSA) is 68.5 Å². The molecular formula is C27H26N4O2. The molecule has 6 nitrogen and oxygen atoms in total. The summed E-state index contributed by atoms with van der Waals surface area (Å²) in [5, 5.41) is 8.97. The third-order valence-corrected chi connectivity index (χ3v) is 4.96. The van der Waals surface area contributed by atoms with Gasteiger partial charge >= 0.3 is 0 Å². The van der Waals surface area contributed by atoms with Crippen molar-refractivity contribution in [1.82, 2.24) is 15.2 Å². The lowest BCUT2D eigenvalue weighted by atomic mass is 10.1. The van der Waals surface area contributed by atoms with E-state index in [0.717, 1.165) is 40.2 Å². The molecule has 0 radical (unpaired) electrons. The quantitative estimate of drug-likeness (QED) is 0.295. The molecule has 1 N–H and O–H groups in total. The van der Waals surface area contributed by atoms with Gasteiger partial charge in [0.2, 0.25) is 5.91 Å². The second kappa shape index (κ2) is 10.9. The van der Waals surface area contributed by atoms with Crippen LogP contribution in [-0.2, 0) is 11.2 Å². The molecule has 6 heteroatoms. The van der Waals surface area contributed by atoms with Gasteiger partial charge in [0.05, 0.1) is 24.9 Å². The smallest absolute Gasteiger partial charge is 0.244 e. The number of carbonyl (C=O) groups excluding carboxylic acids is 1. The van der Waals surface area contributed by atoms with Crippen molar-refractivity contribution in [2.45, 2.75) is 19.8 Å². The summed E-state index contributed by atoms with van der Waals surface area (Å²) in [6.45, 7) is 2.76. The van der Waals surface area contributed by atoms with Crippen LogP contribution in [0, 0.1) is 0 Å². The van der Waals surface area contributed by atoms with Gasteiger partial charge in [-0.2, -0.15) is 10.2 Å². The van der Waals surface area contributed by atoms with Crippen LogP contribution < -0.4 is 10.2 Å². The van der Waals surface area contributed by atoms with Crippen molar-refractivity contribution in [3.05, 3.63) is 102 Å². The van der Waals surface area contributed by atoms with E-state index in [1.165, 1.54) is 0 Å². The zero-order valence-corrected chi connectivity index (χ0v) is 18.5. The van der Waals surface area contributed by atoms with Crippen molar-refractivity contribution in [3.8, 4) is 22.7 Å². The lowest BCUT2D eigenvalue weighted by Crippen LogP contribution is -2.19. The van der Waals surface area contributed by atoms with Crippen LogP contribution in [0.1, 0.15) is 24.5 Å². The number of ether oxygens (including phenoxy) is 1. The molecule has 0 saturated heterocycles. The van der Waals surface area contributed by atoms with Gasteiger partial charge in [0.25, 0.3) is 0 Å². The molecule has 33 heavy (non-hydrogen) atoms. The Labute approximate surface area is 193 Å². The molecule has 0 bridgehead atoms. The number of hydrogen-bond donors (Lipinski definition) is 1. The predicted octanol–water partition coefficient (Wildman–Crippen LogP) is 5.02. The number of carbonyl (C=O) groups is 1. The molecule has 0 saturated carbocycles. The first-order valence-corrected chi connectivity index (χ1v) is 11.0. The van der Waals surface area contributed by atoms with Gasteiger partial charge in [0.1, 0.15) is 11.4 Å².